The monoisotopic (exact) mass is 408 g/mol. The molecule has 0 atom stereocenters. The Balaban J connectivity index is 1.45. The number of hydrogen-bond donors (Lipinski definition) is 1. The molecule has 0 fully saturated rings. The number of amides is 1. The summed E-state index contributed by atoms with van der Waals surface area (Å²) in [5.41, 5.74) is 3.57. The van der Waals surface area contributed by atoms with Gasteiger partial charge in [-0.3, -0.25) is 4.79 Å². The van der Waals surface area contributed by atoms with Crippen LogP contribution in [-0.2, 0) is 4.79 Å². The second-order valence-electron chi connectivity index (χ2n) is 5.86. The Morgan fingerprint density at radius 1 is 0.897 bits per heavy atom. The molecule has 0 spiro atoms. The first-order valence-electron chi connectivity index (χ1n) is 8.68. The first-order chi connectivity index (χ1) is 14.1. The minimum absolute atomic E-state index is 0.173. The van der Waals surface area contributed by atoms with E-state index in [2.05, 4.69) is 10.5 Å². The molecule has 0 unspecified atom stereocenters. The maximum absolute atomic E-state index is 12.0. The summed E-state index contributed by atoms with van der Waals surface area (Å²) in [7, 11) is 0. The summed E-state index contributed by atoms with van der Waals surface area (Å²) >= 11 is 5.79. The Bertz CT molecular complexity index is 988. The summed E-state index contributed by atoms with van der Waals surface area (Å²) in [6, 6.07) is 22.1. The number of halogens is 1. The molecular weight excluding hydrogens is 392 g/mol. The standard InChI is InChI=1S/C22H17ClN2O4/c23-18-8-12-19(13-9-18)28-15-21(26)25-24-14-16-6-10-20(11-7-16)29-22(27)17-4-2-1-3-5-17/h1-14H,15H2,(H,25,26)/b24-14+. The van der Waals surface area contributed by atoms with E-state index in [1.807, 2.05) is 6.07 Å². The summed E-state index contributed by atoms with van der Waals surface area (Å²) in [6.45, 7) is -0.173. The van der Waals surface area contributed by atoms with Gasteiger partial charge in [0, 0.05) is 5.02 Å². The van der Waals surface area contributed by atoms with Gasteiger partial charge in [-0.1, -0.05) is 29.8 Å². The topological polar surface area (TPSA) is 77.0 Å². The lowest BCUT2D eigenvalue weighted by Gasteiger charge is -2.05. The first kappa shape index (κ1) is 20.1. The van der Waals surface area contributed by atoms with Crippen LogP contribution in [0.15, 0.2) is 84.0 Å². The molecule has 6 nitrogen and oxygen atoms in total. The fourth-order valence-electron chi connectivity index (χ4n) is 2.25. The average Bonchev–Trinajstić information content (AvgIpc) is 2.75. The molecule has 3 aromatic carbocycles. The van der Waals surface area contributed by atoms with E-state index in [9.17, 15) is 9.59 Å². The SMILES string of the molecule is O=C(COc1ccc(Cl)cc1)N/N=C/c1ccc(OC(=O)c2ccccc2)cc1. The van der Waals surface area contributed by atoms with Crippen molar-refractivity contribution in [2.75, 3.05) is 6.61 Å². The van der Waals surface area contributed by atoms with Crippen molar-refractivity contribution < 1.29 is 19.1 Å². The van der Waals surface area contributed by atoms with E-state index in [1.165, 1.54) is 6.21 Å². The third-order valence-corrected chi connectivity index (χ3v) is 3.94. The van der Waals surface area contributed by atoms with Gasteiger partial charge in [0.2, 0.25) is 0 Å². The molecule has 3 rings (SSSR count). The largest absolute Gasteiger partial charge is 0.484 e. The van der Waals surface area contributed by atoms with Crippen molar-refractivity contribution in [2.24, 2.45) is 5.10 Å². The highest BCUT2D eigenvalue weighted by Crippen LogP contribution is 2.15. The number of carbonyl (C=O) groups excluding carboxylic acids is 2. The molecule has 0 saturated heterocycles. The molecule has 0 aliphatic rings. The summed E-state index contributed by atoms with van der Waals surface area (Å²) in [5.74, 6) is 0.121. The highest BCUT2D eigenvalue weighted by atomic mass is 35.5. The lowest BCUT2D eigenvalue weighted by molar-refractivity contribution is -0.123. The molecule has 29 heavy (non-hydrogen) atoms. The van der Waals surface area contributed by atoms with Gasteiger partial charge >= 0.3 is 5.97 Å². The van der Waals surface area contributed by atoms with E-state index < -0.39 is 11.9 Å². The Morgan fingerprint density at radius 3 is 2.24 bits per heavy atom. The minimum Gasteiger partial charge on any atom is -0.484 e. The van der Waals surface area contributed by atoms with Crippen molar-refractivity contribution in [1.82, 2.24) is 5.43 Å². The highest BCUT2D eigenvalue weighted by molar-refractivity contribution is 6.30. The van der Waals surface area contributed by atoms with E-state index >= 15 is 0 Å². The molecule has 146 valence electrons. The summed E-state index contributed by atoms with van der Waals surface area (Å²) in [6.07, 6.45) is 1.48. The molecule has 0 aliphatic carbocycles. The number of benzene rings is 3. The van der Waals surface area contributed by atoms with Crippen LogP contribution in [0.1, 0.15) is 15.9 Å². The van der Waals surface area contributed by atoms with Crippen LogP contribution < -0.4 is 14.9 Å². The van der Waals surface area contributed by atoms with Gasteiger partial charge in [-0.25, -0.2) is 10.2 Å². The second-order valence-corrected chi connectivity index (χ2v) is 6.30. The number of nitrogens with zero attached hydrogens (tertiary/aromatic N) is 1. The molecule has 0 heterocycles. The van der Waals surface area contributed by atoms with Crippen molar-refractivity contribution in [3.63, 3.8) is 0 Å². The van der Waals surface area contributed by atoms with Crippen molar-refractivity contribution >= 4 is 29.7 Å². The van der Waals surface area contributed by atoms with E-state index in [0.29, 0.717) is 22.1 Å². The van der Waals surface area contributed by atoms with Crippen LogP contribution in [0.5, 0.6) is 11.5 Å². The number of nitrogens with one attached hydrogen (secondary N) is 1. The van der Waals surface area contributed by atoms with Gasteiger partial charge in [-0.15, -0.1) is 0 Å². The molecule has 0 saturated carbocycles. The fraction of sp³-hybridized carbons (Fsp3) is 0.0455. The Labute approximate surface area is 172 Å². The molecule has 0 aromatic heterocycles. The quantitative estimate of drug-likeness (QED) is 0.276. The minimum atomic E-state index is -0.431. The lowest BCUT2D eigenvalue weighted by atomic mass is 10.2. The summed E-state index contributed by atoms with van der Waals surface area (Å²) < 4.78 is 10.6. The maximum Gasteiger partial charge on any atom is 0.343 e. The number of hydrazone groups is 1. The maximum atomic E-state index is 12.0. The van der Waals surface area contributed by atoms with Crippen LogP contribution in [0.25, 0.3) is 0 Å². The predicted octanol–water partition coefficient (Wildman–Crippen LogP) is 4.09. The molecule has 7 heteroatoms. The van der Waals surface area contributed by atoms with E-state index in [1.54, 1.807) is 72.8 Å². The smallest absolute Gasteiger partial charge is 0.343 e. The third-order valence-electron chi connectivity index (χ3n) is 3.69. The van der Waals surface area contributed by atoms with E-state index in [-0.39, 0.29) is 6.61 Å². The van der Waals surface area contributed by atoms with Crippen LogP contribution in [0.3, 0.4) is 0 Å². The normalized spacial score (nSPS) is 10.5. The zero-order valence-corrected chi connectivity index (χ0v) is 16.0. The van der Waals surface area contributed by atoms with Crippen molar-refractivity contribution in [3.05, 3.63) is 95.0 Å². The number of carbonyl (C=O) groups is 2. The van der Waals surface area contributed by atoms with Gasteiger partial charge in [0.15, 0.2) is 6.61 Å². The zero-order valence-electron chi connectivity index (χ0n) is 15.2. The summed E-state index contributed by atoms with van der Waals surface area (Å²) in [5, 5.41) is 4.46. The van der Waals surface area contributed by atoms with Gasteiger partial charge in [0.1, 0.15) is 11.5 Å². The molecule has 1 N–H and O–H groups in total. The van der Waals surface area contributed by atoms with Crippen LogP contribution in [0.4, 0.5) is 0 Å². The number of hydrogen-bond acceptors (Lipinski definition) is 5. The van der Waals surface area contributed by atoms with E-state index in [0.717, 1.165) is 5.56 Å². The van der Waals surface area contributed by atoms with Crippen LogP contribution >= 0.6 is 11.6 Å². The fourth-order valence-corrected chi connectivity index (χ4v) is 2.38. The Morgan fingerprint density at radius 2 is 1.55 bits per heavy atom. The molecule has 0 bridgehead atoms. The average molecular weight is 409 g/mol. The second kappa shape index (κ2) is 10.1. The molecule has 1 amide bonds. The van der Waals surface area contributed by atoms with Gasteiger partial charge < -0.3 is 9.47 Å². The van der Waals surface area contributed by atoms with Gasteiger partial charge in [0.05, 0.1) is 11.8 Å². The summed E-state index contributed by atoms with van der Waals surface area (Å²) in [4.78, 5) is 23.8. The van der Waals surface area contributed by atoms with Crippen LogP contribution in [0, 0.1) is 0 Å². The van der Waals surface area contributed by atoms with Crippen LogP contribution in [-0.4, -0.2) is 24.7 Å². The predicted molar refractivity (Wildman–Crippen MR) is 111 cm³/mol. The molecule has 0 radical (unpaired) electrons. The first-order valence-corrected chi connectivity index (χ1v) is 9.05. The Kier molecular flexibility index (Phi) is 6.97. The number of rotatable bonds is 7. The van der Waals surface area contributed by atoms with Gasteiger partial charge in [-0.05, 0) is 66.2 Å². The number of ether oxygens (including phenoxy) is 2. The third kappa shape index (κ3) is 6.48. The van der Waals surface area contributed by atoms with Gasteiger partial charge in [0.25, 0.3) is 5.91 Å². The molecule has 3 aromatic rings. The Hall–Kier alpha value is -3.64. The lowest BCUT2D eigenvalue weighted by Crippen LogP contribution is -2.24. The van der Waals surface area contributed by atoms with Crippen LogP contribution in [0.2, 0.25) is 5.02 Å². The molecular formula is C22H17ClN2O4. The van der Waals surface area contributed by atoms with Crippen molar-refractivity contribution in [2.45, 2.75) is 0 Å². The molecule has 0 aliphatic heterocycles. The highest BCUT2D eigenvalue weighted by Gasteiger charge is 2.07. The number of esters is 1. The zero-order chi connectivity index (χ0) is 20.5. The van der Waals surface area contributed by atoms with Gasteiger partial charge in [-0.2, -0.15) is 5.10 Å². The van der Waals surface area contributed by atoms with Crippen molar-refractivity contribution in [1.29, 1.82) is 0 Å². The van der Waals surface area contributed by atoms with Crippen molar-refractivity contribution in [3.8, 4) is 11.5 Å². The van der Waals surface area contributed by atoms with E-state index in [4.69, 9.17) is 21.1 Å².